The molecular weight excluding hydrogens is 207 g/mol. The summed E-state index contributed by atoms with van der Waals surface area (Å²) in [6.07, 6.45) is 0.609. The summed E-state index contributed by atoms with van der Waals surface area (Å²) in [4.78, 5) is 10.6. The van der Waals surface area contributed by atoms with E-state index >= 15 is 0 Å². The normalized spacial score (nSPS) is 11.5. The summed E-state index contributed by atoms with van der Waals surface area (Å²) in [6.45, 7) is 4.83. The average molecular weight is 219 g/mol. The molecule has 0 heterocycles. The Morgan fingerprint density at radius 1 is 1.40 bits per heavy atom. The molecule has 0 amide bonds. The van der Waals surface area contributed by atoms with Crippen LogP contribution in [0.2, 0.25) is 0 Å². The Balaban J connectivity index is 0. The van der Waals surface area contributed by atoms with Gasteiger partial charge in [0.2, 0.25) is 0 Å². The van der Waals surface area contributed by atoms with E-state index in [9.17, 15) is 4.79 Å². The summed E-state index contributed by atoms with van der Waals surface area (Å²) < 4.78 is 0. The van der Waals surface area contributed by atoms with Crippen molar-refractivity contribution >= 4 is 5.78 Å². The number of hydrogen-bond acceptors (Lipinski definition) is 2. The number of aliphatic hydroxyl groups is 1. The number of carbonyl (C=O) groups excluding carboxylic acids is 1. The van der Waals surface area contributed by atoms with Crippen LogP contribution in [0.25, 0.3) is 0 Å². The van der Waals surface area contributed by atoms with E-state index in [1.165, 1.54) is 13.8 Å². The molecule has 0 atom stereocenters. The van der Waals surface area contributed by atoms with Crippen LogP contribution in [-0.2, 0) is 31.0 Å². The molecule has 0 aliphatic heterocycles. The molecule has 0 aromatic rings. The van der Waals surface area contributed by atoms with Gasteiger partial charge in [0.05, 0.1) is 5.76 Å². The topological polar surface area (TPSA) is 37.3 Å². The van der Waals surface area contributed by atoms with Crippen molar-refractivity contribution in [1.82, 2.24) is 0 Å². The minimum absolute atomic E-state index is 0. The first-order valence-electron chi connectivity index (χ1n) is 2.99. The molecule has 0 aromatic heterocycles. The Hall–Kier alpha value is 0.0931. The van der Waals surface area contributed by atoms with Gasteiger partial charge in [-0.25, -0.2) is 0 Å². The maximum absolute atomic E-state index is 10.6. The first kappa shape index (κ1) is 12.7. The number of carbonyl (C=O) groups is 1. The molecule has 0 fully saturated rings. The van der Waals surface area contributed by atoms with Crippen molar-refractivity contribution in [3.8, 4) is 0 Å². The molecule has 10 heavy (non-hydrogen) atoms. The Labute approximate surface area is 80.4 Å². The Morgan fingerprint density at radius 3 is 1.80 bits per heavy atom. The average Bonchev–Trinajstić information content (AvgIpc) is 1.64. The minimum Gasteiger partial charge on any atom is -0.512 e. The summed E-state index contributed by atoms with van der Waals surface area (Å²) in [5, 5.41) is 8.84. The smallest absolute Gasteiger partial charge is 0.159 e. The van der Waals surface area contributed by atoms with Crippen molar-refractivity contribution < 1.29 is 36.1 Å². The second-order valence-corrected chi connectivity index (χ2v) is 1.97. The fourth-order valence-corrected chi connectivity index (χ4v) is 0.760. The second kappa shape index (κ2) is 5.85. The van der Waals surface area contributed by atoms with Crippen molar-refractivity contribution in [1.29, 1.82) is 0 Å². The molecule has 0 bridgehead atoms. The van der Waals surface area contributed by atoms with Gasteiger partial charge in [0.15, 0.2) is 5.78 Å². The van der Waals surface area contributed by atoms with Crippen LogP contribution in [-0.4, -0.2) is 10.9 Å². The quantitative estimate of drug-likeness (QED) is 0.568. The van der Waals surface area contributed by atoms with Crippen molar-refractivity contribution in [3.05, 3.63) is 11.3 Å². The van der Waals surface area contributed by atoms with Crippen LogP contribution in [0, 0.1) is 0 Å². The summed E-state index contributed by atoms with van der Waals surface area (Å²) in [6, 6.07) is 0. The maximum atomic E-state index is 10.6. The molecule has 0 unspecified atom stereocenters. The Bertz CT molecular complexity index is 146. The third-order valence-electron chi connectivity index (χ3n) is 1.22. The summed E-state index contributed by atoms with van der Waals surface area (Å²) in [7, 11) is 0. The van der Waals surface area contributed by atoms with E-state index in [-0.39, 0.29) is 37.7 Å². The van der Waals surface area contributed by atoms with Gasteiger partial charge in [-0.05, 0) is 20.3 Å². The van der Waals surface area contributed by atoms with Crippen LogP contribution >= 0.6 is 0 Å². The summed E-state index contributed by atoms with van der Waals surface area (Å²) >= 11 is 0. The number of rotatable bonds is 2. The minimum atomic E-state index is -0.0440. The number of allylic oxidation sites excluding steroid dienone is 2. The van der Waals surface area contributed by atoms with Crippen molar-refractivity contribution in [2.24, 2.45) is 0 Å². The number of hydrogen-bond donors (Lipinski definition) is 1. The molecule has 56 valence electrons. The fraction of sp³-hybridized carbons (Fsp3) is 0.571. The van der Waals surface area contributed by atoms with Crippen LogP contribution in [0.4, 0.5) is 0 Å². The van der Waals surface area contributed by atoms with Gasteiger partial charge in [-0.1, -0.05) is 6.92 Å². The molecule has 0 rings (SSSR count). The van der Waals surface area contributed by atoms with Crippen LogP contribution in [0.1, 0.15) is 27.2 Å². The van der Waals surface area contributed by atoms with E-state index in [0.717, 1.165) is 0 Å². The molecule has 0 aliphatic carbocycles. The number of aliphatic hydroxyl groups excluding tert-OH is 1. The molecule has 0 aliphatic rings. The van der Waals surface area contributed by atoms with E-state index < -0.39 is 0 Å². The SMILES string of the molecule is CCC(C(C)=O)=C(C)O.[Zr]. The van der Waals surface area contributed by atoms with Gasteiger partial charge in [0.25, 0.3) is 0 Å². The largest absolute Gasteiger partial charge is 0.512 e. The molecule has 0 saturated carbocycles. The van der Waals surface area contributed by atoms with Crippen molar-refractivity contribution in [2.45, 2.75) is 27.2 Å². The maximum Gasteiger partial charge on any atom is 0.159 e. The summed E-state index contributed by atoms with van der Waals surface area (Å²) in [5.74, 6) is 0.0995. The first-order valence-corrected chi connectivity index (χ1v) is 2.99. The van der Waals surface area contributed by atoms with Crippen LogP contribution < -0.4 is 0 Å². The van der Waals surface area contributed by atoms with Gasteiger partial charge in [0.1, 0.15) is 0 Å². The molecule has 0 radical (unpaired) electrons. The molecule has 1 N–H and O–H groups in total. The molecule has 0 spiro atoms. The first-order chi connectivity index (χ1) is 4.09. The number of ketones is 1. The Morgan fingerprint density at radius 2 is 1.80 bits per heavy atom. The van der Waals surface area contributed by atoms with Gasteiger partial charge >= 0.3 is 0 Å². The van der Waals surface area contributed by atoms with Crippen molar-refractivity contribution in [3.63, 3.8) is 0 Å². The predicted molar refractivity (Wildman–Crippen MR) is 36.3 cm³/mol. The van der Waals surface area contributed by atoms with Gasteiger partial charge in [-0.15, -0.1) is 0 Å². The molecule has 3 heteroatoms. The van der Waals surface area contributed by atoms with Gasteiger partial charge in [0, 0.05) is 31.8 Å². The van der Waals surface area contributed by atoms with Crippen LogP contribution in [0.15, 0.2) is 11.3 Å². The van der Waals surface area contributed by atoms with Crippen molar-refractivity contribution in [2.75, 3.05) is 0 Å². The molecule has 2 nitrogen and oxygen atoms in total. The zero-order valence-electron chi connectivity index (χ0n) is 6.56. The van der Waals surface area contributed by atoms with Crippen LogP contribution in [0.3, 0.4) is 0 Å². The number of Topliss-reactive ketones (excluding diaryl/α,β-unsaturated/α-hetero) is 1. The van der Waals surface area contributed by atoms with Crippen LogP contribution in [0.5, 0.6) is 0 Å². The zero-order valence-corrected chi connectivity index (χ0v) is 9.02. The monoisotopic (exact) mass is 218 g/mol. The summed E-state index contributed by atoms with van der Waals surface area (Å²) in [5.41, 5.74) is 0.523. The third-order valence-corrected chi connectivity index (χ3v) is 1.22. The van der Waals surface area contributed by atoms with E-state index in [2.05, 4.69) is 0 Å². The standard InChI is InChI=1S/C7H12O2.Zr/c1-4-7(5(2)8)6(3)9;/h8H,4H2,1-3H3;. The van der Waals surface area contributed by atoms with E-state index in [4.69, 9.17) is 5.11 Å². The second-order valence-electron chi connectivity index (χ2n) is 1.97. The van der Waals surface area contributed by atoms with Gasteiger partial charge in [-0.3, -0.25) is 4.79 Å². The van der Waals surface area contributed by atoms with E-state index in [1.54, 1.807) is 0 Å². The predicted octanol–water partition coefficient (Wildman–Crippen LogP) is 1.81. The van der Waals surface area contributed by atoms with Gasteiger partial charge in [-0.2, -0.15) is 0 Å². The zero-order chi connectivity index (χ0) is 7.44. The third kappa shape index (κ3) is 4.00. The molecular formula is C7H12O2Zr. The Kier molecular flexibility index (Phi) is 7.45. The van der Waals surface area contributed by atoms with E-state index in [0.29, 0.717) is 12.0 Å². The fourth-order valence-electron chi connectivity index (χ4n) is 0.760. The van der Waals surface area contributed by atoms with E-state index in [1.807, 2.05) is 6.92 Å². The molecule has 0 saturated heterocycles. The molecule has 0 aromatic carbocycles. The van der Waals surface area contributed by atoms with Gasteiger partial charge < -0.3 is 5.11 Å².